The van der Waals surface area contributed by atoms with E-state index in [1.54, 1.807) is 12.2 Å². The van der Waals surface area contributed by atoms with Crippen molar-refractivity contribution in [3.05, 3.63) is 35.7 Å². The molecule has 0 radical (unpaired) electrons. The molecule has 17 heavy (non-hydrogen) atoms. The number of ketones is 1. The zero-order valence-corrected chi connectivity index (χ0v) is 9.82. The molecule has 1 heterocycles. The van der Waals surface area contributed by atoms with Crippen molar-refractivity contribution in [2.45, 2.75) is 25.7 Å². The highest BCUT2D eigenvalue weighted by Crippen LogP contribution is 2.25. The Bertz CT molecular complexity index is 374. The number of ether oxygens (including phenoxy) is 1. The molecule has 0 aromatic carbocycles. The predicted octanol–water partition coefficient (Wildman–Crippen LogP) is 3.11. The first-order valence-electron chi connectivity index (χ1n) is 6.14. The third-order valence-corrected chi connectivity index (χ3v) is 3.17. The van der Waals surface area contributed by atoms with E-state index in [9.17, 15) is 9.18 Å². The molecule has 0 bridgehead atoms. The second-order valence-electron chi connectivity index (χ2n) is 4.39. The third-order valence-electron chi connectivity index (χ3n) is 3.17. The highest BCUT2D eigenvalue weighted by Gasteiger charge is 2.26. The standard InChI is InChI=1S/C14H17FO2/c15-13-6-4-2-1-3-5-12(13)14(16)11-7-9-17-10-8-11/h1,3,5-6,11H,2,4,7-10H2. The van der Waals surface area contributed by atoms with Crippen molar-refractivity contribution in [1.82, 2.24) is 0 Å². The van der Waals surface area contributed by atoms with Crippen LogP contribution in [0.4, 0.5) is 4.39 Å². The minimum absolute atomic E-state index is 0.0754. The van der Waals surface area contributed by atoms with E-state index in [0.29, 0.717) is 32.5 Å². The number of Topliss-reactive ketones (excluding diaryl/α,β-unsaturated/α-hetero) is 1. The van der Waals surface area contributed by atoms with E-state index in [-0.39, 0.29) is 23.1 Å². The summed E-state index contributed by atoms with van der Waals surface area (Å²) in [7, 11) is 0. The largest absolute Gasteiger partial charge is 0.381 e. The Morgan fingerprint density at radius 1 is 1.29 bits per heavy atom. The molecule has 92 valence electrons. The monoisotopic (exact) mass is 236 g/mol. The van der Waals surface area contributed by atoms with Crippen molar-refractivity contribution < 1.29 is 13.9 Å². The summed E-state index contributed by atoms with van der Waals surface area (Å²) in [6, 6.07) is 0. The van der Waals surface area contributed by atoms with Gasteiger partial charge in [0.1, 0.15) is 5.83 Å². The summed E-state index contributed by atoms with van der Waals surface area (Å²) in [4.78, 5) is 12.2. The van der Waals surface area contributed by atoms with Crippen molar-refractivity contribution in [2.75, 3.05) is 13.2 Å². The summed E-state index contributed by atoms with van der Waals surface area (Å²) >= 11 is 0. The fourth-order valence-electron chi connectivity index (χ4n) is 2.14. The lowest BCUT2D eigenvalue weighted by molar-refractivity contribution is -0.121. The molecule has 0 amide bonds. The molecule has 0 N–H and O–H groups in total. The fourth-order valence-corrected chi connectivity index (χ4v) is 2.14. The van der Waals surface area contributed by atoms with Gasteiger partial charge >= 0.3 is 0 Å². The van der Waals surface area contributed by atoms with Crippen LogP contribution in [0.15, 0.2) is 35.7 Å². The van der Waals surface area contributed by atoms with Gasteiger partial charge in [-0.2, -0.15) is 0 Å². The Hall–Kier alpha value is -1.22. The van der Waals surface area contributed by atoms with Gasteiger partial charge in [0.25, 0.3) is 0 Å². The first kappa shape index (κ1) is 12.2. The molecule has 3 heteroatoms. The van der Waals surface area contributed by atoms with Crippen LogP contribution in [-0.2, 0) is 9.53 Å². The van der Waals surface area contributed by atoms with E-state index >= 15 is 0 Å². The molecular formula is C14H17FO2. The Morgan fingerprint density at radius 2 is 2.06 bits per heavy atom. The fraction of sp³-hybridized carbons (Fsp3) is 0.500. The maximum Gasteiger partial charge on any atom is 0.169 e. The molecule has 0 aromatic heterocycles. The molecule has 2 rings (SSSR count). The molecule has 0 saturated carbocycles. The van der Waals surface area contributed by atoms with Gasteiger partial charge in [-0.25, -0.2) is 4.39 Å². The van der Waals surface area contributed by atoms with Gasteiger partial charge in [0.05, 0.1) is 5.57 Å². The van der Waals surface area contributed by atoms with Gasteiger partial charge in [-0.15, -0.1) is 0 Å². The lowest BCUT2D eigenvalue weighted by atomic mass is 9.89. The summed E-state index contributed by atoms with van der Waals surface area (Å²) in [6.45, 7) is 1.20. The van der Waals surface area contributed by atoms with Crippen LogP contribution in [0.2, 0.25) is 0 Å². The van der Waals surface area contributed by atoms with Gasteiger partial charge in [0.15, 0.2) is 5.78 Å². The molecule has 1 aliphatic heterocycles. The average molecular weight is 236 g/mol. The Balaban J connectivity index is 2.15. The zero-order chi connectivity index (χ0) is 12.1. The third kappa shape index (κ3) is 3.13. The van der Waals surface area contributed by atoms with Gasteiger partial charge in [0.2, 0.25) is 0 Å². The van der Waals surface area contributed by atoms with Gasteiger partial charge in [-0.1, -0.05) is 12.2 Å². The number of halogens is 1. The lowest BCUT2D eigenvalue weighted by Gasteiger charge is -2.21. The smallest absolute Gasteiger partial charge is 0.169 e. The molecule has 1 saturated heterocycles. The van der Waals surface area contributed by atoms with E-state index in [1.807, 2.05) is 6.08 Å². The van der Waals surface area contributed by atoms with Crippen LogP contribution in [0.3, 0.4) is 0 Å². The highest BCUT2D eigenvalue weighted by atomic mass is 19.1. The number of carbonyl (C=O) groups is 1. The molecule has 1 fully saturated rings. The zero-order valence-electron chi connectivity index (χ0n) is 9.82. The van der Waals surface area contributed by atoms with Crippen LogP contribution in [0.5, 0.6) is 0 Å². The van der Waals surface area contributed by atoms with Crippen LogP contribution >= 0.6 is 0 Å². The van der Waals surface area contributed by atoms with Crippen LogP contribution in [0.25, 0.3) is 0 Å². The Morgan fingerprint density at radius 3 is 2.82 bits per heavy atom. The van der Waals surface area contributed by atoms with Gasteiger partial charge in [-0.05, 0) is 37.8 Å². The summed E-state index contributed by atoms with van der Waals surface area (Å²) in [5, 5.41) is 0. The minimum atomic E-state index is -0.370. The normalized spacial score (nSPS) is 22.4. The SMILES string of the molecule is O=C(C1=CC=CCCC=C1F)C1CCOCC1. The van der Waals surface area contributed by atoms with E-state index in [4.69, 9.17) is 4.74 Å². The Kier molecular flexibility index (Phi) is 4.26. The molecule has 1 aliphatic carbocycles. The summed E-state index contributed by atoms with van der Waals surface area (Å²) in [6.07, 6.45) is 9.72. The van der Waals surface area contributed by atoms with Crippen molar-refractivity contribution in [3.8, 4) is 0 Å². The van der Waals surface area contributed by atoms with E-state index in [1.165, 1.54) is 6.08 Å². The first-order valence-corrected chi connectivity index (χ1v) is 6.14. The summed E-state index contributed by atoms with van der Waals surface area (Å²) in [5.41, 5.74) is 0.229. The number of allylic oxidation sites excluding steroid dienone is 6. The van der Waals surface area contributed by atoms with E-state index in [0.717, 1.165) is 6.42 Å². The quantitative estimate of drug-likeness (QED) is 0.736. The number of hydrogen-bond acceptors (Lipinski definition) is 2. The second kappa shape index (κ2) is 5.92. The van der Waals surface area contributed by atoms with Gasteiger partial charge in [0, 0.05) is 19.1 Å². The van der Waals surface area contributed by atoms with Crippen LogP contribution in [-0.4, -0.2) is 19.0 Å². The number of rotatable bonds is 2. The molecule has 2 aliphatic rings. The molecule has 0 atom stereocenters. The van der Waals surface area contributed by atoms with Crippen LogP contribution in [0.1, 0.15) is 25.7 Å². The van der Waals surface area contributed by atoms with Crippen LogP contribution < -0.4 is 0 Å². The topological polar surface area (TPSA) is 26.3 Å². The first-order chi connectivity index (χ1) is 8.29. The molecule has 0 aromatic rings. The average Bonchev–Trinajstić information content (AvgIpc) is 2.35. The van der Waals surface area contributed by atoms with Crippen molar-refractivity contribution in [2.24, 2.45) is 5.92 Å². The second-order valence-corrected chi connectivity index (χ2v) is 4.39. The van der Waals surface area contributed by atoms with E-state index < -0.39 is 0 Å². The van der Waals surface area contributed by atoms with Crippen molar-refractivity contribution >= 4 is 5.78 Å². The van der Waals surface area contributed by atoms with Gasteiger partial charge < -0.3 is 4.74 Å². The van der Waals surface area contributed by atoms with Crippen molar-refractivity contribution in [1.29, 1.82) is 0 Å². The van der Waals surface area contributed by atoms with Gasteiger partial charge in [-0.3, -0.25) is 4.79 Å². The maximum absolute atomic E-state index is 13.8. The Labute approximate surface area is 101 Å². The summed E-state index contributed by atoms with van der Waals surface area (Å²) in [5.74, 6) is -0.526. The van der Waals surface area contributed by atoms with Crippen molar-refractivity contribution in [3.63, 3.8) is 0 Å². The highest BCUT2D eigenvalue weighted by molar-refractivity contribution is 6.00. The predicted molar refractivity (Wildman–Crippen MR) is 64.2 cm³/mol. The lowest BCUT2D eigenvalue weighted by Crippen LogP contribution is -2.25. The maximum atomic E-state index is 13.8. The number of carbonyl (C=O) groups excluding carboxylic acids is 1. The minimum Gasteiger partial charge on any atom is -0.381 e. The van der Waals surface area contributed by atoms with E-state index in [2.05, 4.69) is 0 Å². The molecule has 2 nitrogen and oxygen atoms in total. The molecular weight excluding hydrogens is 219 g/mol. The molecule has 0 unspecified atom stereocenters. The molecule has 0 spiro atoms. The van der Waals surface area contributed by atoms with Crippen LogP contribution in [0, 0.1) is 5.92 Å². The number of hydrogen-bond donors (Lipinski definition) is 0. The summed E-state index contributed by atoms with van der Waals surface area (Å²) < 4.78 is 19.0.